The smallest absolute Gasteiger partial charge is 0.234 e. The van der Waals surface area contributed by atoms with Crippen LogP contribution in [0.15, 0.2) is 18.5 Å². The highest BCUT2D eigenvalue weighted by molar-refractivity contribution is 5.79. The van der Waals surface area contributed by atoms with E-state index in [-0.39, 0.29) is 11.9 Å². The predicted octanol–water partition coefficient (Wildman–Crippen LogP) is 0.861. The lowest BCUT2D eigenvalue weighted by atomic mass is 10.3. The van der Waals surface area contributed by atoms with Crippen LogP contribution in [0.25, 0.3) is 0 Å². The van der Waals surface area contributed by atoms with Gasteiger partial charge in [-0.1, -0.05) is 6.92 Å². The summed E-state index contributed by atoms with van der Waals surface area (Å²) < 4.78 is 2.14. The summed E-state index contributed by atoms with van der Waals surface area (Å²) in [6.45, 7) is 5.63. The Morgan fingerprint density at radius 2 is 2.40 bits per heavy atom. The van der Waals surface area contributed by atoms with Crippen LogP contribution in [0.2, 0.25) is 0 Å². The van der Waals surface area contributed by atoms with Crippen LogP contribution in [0.4, 0.5) is 0 Å². The minimum atomic E-state index is -0.317. The number of carbonyl (C=O) groups excluding carboxylic acids is 1. The molecule has 0 aliphatic carbocycles. The SMILES string of the molecule is CCCn1ccc(CNC(C)C(N)=O)c1. The quantitative estimate of drug-likeness (QED) is 0.730. The van der Waals surface area contributed by atoms with E-state index in [1.165, 1.54) is 5.56 Å². The first-order valence-electron chi connectivity index (χ1n) is 5.31. The maximum atomic E-state index is 10.8. The Balaban J connectivity index is 2.40. The van der Waals surface area contributed by atoms with Crippen molar-refractivity contribution in [3.05, 3.63) is 24.0 Å². The highest BCUT2D eigenvalue weighted by Gasteiger charge is 2.07. The minimum absolute atomic E-state index is 0.278. The van der Waals surface area contributed by atoms with E-state index < -0.39 is 0 Å². The van der Waals surface area contributed by atoms with Crippen LogP contribution in [0.1, 0.15) is 25.8 Å². The Hall–Kier alpha value is -1.29. The Labute approximate surface area is 90.5 Å². The van der Waals surface area contributed by atoms with Gasteiger partial charge in [-0.25, -0.2) is 0 Å². The second-order valence-corrected chi connectivity index (χ2v) is 3.76. The number of amides is 1. The predicted molar refractivity (Wildman–Crippen MR) is 60.2 cm³/mol. The average molecular weight is 209 g/mol. The molecule has 0 fully saturated rings. The van der Waals surface area contributed by atoms with E-state index in [9.17, 15) is 4.79 Å². The summed E-state index contributed by atoms with van der Waals surface area (Å²) in [5.41, 5.74) is 6.32. The zero-order valence-corrected chi connectivity index (χ0v) is 9.36. The molecule has 4 heteroatoms. The fourth-order valence-electron chi connectivity index (χ4n) is 1.36. The van der Waals surface area contributed by atoms with Crippen LogP contribution in [-0.4, -0.2) is 16.5 Å². The van der Waals surface area contributed by atoms with Crippen molar-refractivity contribution in [3.63, 3.8) is 0 Å². The van der Waals surface area contributed by atoms with Gasteiger partial charge in [0.2, 0.25) is 5.91 Å². The standard InChI is InChI=1S/C11H19N3O/c1-3-5-14-6-4-10(8-14)7-13-9(2)11(12)15/h4,6,8-9,13H,3,5,7H2,1-2H3,(H2,12,15). The molecule has 84 valence electrons. The molecule has 0 radical (unpaired) electrons. The summed E-state index contributed by atoms with van der Waals surface area (Å²) in [4.78, 5) is 10.8. The fourth-order valence-corrected chi connectivity index (χ4v) is 1.36. The molecule has 1 aromatic heterocycles. The molecule has 0 saturated carbocycles. The molecule has 0 spiro atoms. The second kappa shape index (κ2) is 5.56. The second-order valence-electron chi connectivity index (χ2n) is 3.76. The number of rotatable bonds is 6. The molecule has 4 nitrogen and oxygen atoms in total. The van der Waals surface area contributed by atoms with E-state index in [2.05, 4.69) is 35.3 Å². The van der Waals surface area contributed by atoms with Crippen molar-refractivity contribution >= 4 is 5.91 Å². The van der Waals surface area contributed by atoms with Gasteiger partial charge in [0.25, 0.3) is 0 Å². The lowest BCUT2D eigenvalue weighted by Gasteiger charge is -2.08. The molecule has 1 amide bonds. The lowest BCUT2D eigenvalue weighted by Crippen LogP contribution is -2.38. The molecule has 15 heavy (non-hydrogen) atoms. The first-order chi connectivity index (χ1) is 7.13. The Morgan fingerprint density at radius 3 is 3.00 bits per heavy atom. The molecule has 1 aromatic rings. The number of hydrogen-bond donors (Lipinski definition) is 2. The lowest BCUT2D eigenvalue weighted by molar-refractivity contribution is -0.119. The topological polar surface area (TPSA) is 60.1 Å². The molecular weight excluding hydrogens is 190 g/mol. The average Bonchev–Trinajstić information content (AvgIpc) is 2.62. The van der Waals surface area contributed by atoms with E-state index in [1.807, 2.05) is 0 Å². The number of nitrogens with zero attached hydrogens (tertiary/aromatic N) is 1. The Kier molecular flexibility index (Phi) is 4.37. The van der Waals surface area contributed by atoms with Gasteiger partial charge in [-0.3, -0.25) is 4.79 Å². The summed E-state index contributed by atoms with van der Waals surface area (Å²) in [5, 5.41) is 3.07. The molecule has 0 bridgehead atoms. The van der Waals surface area contributed by atoms with Crippen molar-refractivity contribution in [2.75, 3.05) is 0 Å². The normalized spacial score (nSPS) is 12.7. The molecular formula is C11H19N3O. The van der Waals surface area contributed by atoms with Crippen molar-refractivity contribution in [1.29, 1.82) is 0 Å². The number of carbonyl (C=O) groups is 1. The van der Waals surface area contributed by atoms with Gasteiger partial charge in [-0.05, 0) is 25.0 Å². The van der Waals surface area contributed by atoms with Crippen LogP contribution in [0.5, 0.6) is 0 Å². The van der Waals surface area contributed by atoms with Crippen LogP contribution < -0.4 is 11.1 Å². The third-order valence-corrected chi connectivity index (χ3v) is 2.33. The van der Waals surface area contributed by atoms with Crippen molar-refractivity contribution in [1.82, 2.24) is 9.88 Å². The summed E-state index contributed by atoms with van der Waals surface area (Å²) >= 11 is 0. The number of nitrogens with one attached hydrogen (secondary N) is 1. The number of aryl methyl sites for hydroxylation is 1. The Morgan fingerprint density at radius 1 is 1.67 bits per heavy atom. The number of hydrogen-bond acceptors (Lipinski definition) is 2. The van der Waals surface area contributed by atoms with Gasteiger partial charge in [0.1, 0.15) is 0 Å². The molecule has 0 aliphatic rings. The zero-order chi connectivity index (χ0) is 11.3. The Bertz CT molecular complexity index is 319. The van der Waals surface area contributed by atoms with E-state index in [0.29, 0.717) is 6.54 Å². The molecule has 0 saturated heterocycles. The van der Waals surface area contributed by atoms with Gasteiger partial charge in [0.05, 0.1) is 6.04 Å². The van der Waals surface area contributed by atoms with Crippen molar-refractivity contribution in [2.24, 2.45) is 5.73 Å². The van der Waals surface area contributed by atoms with Crippen molar-refractivity contribution in [2.45, 2.75) is 39.4 Å². The zero-order valence-electron chi connectivity index (χ0n) is 9.36. The summed E-state index contributed by atoms with van der Waals surface area (Å²) in [6.07, 6.45) is 5.26. The molecule has 1 heterocycles. The summed E-state index contributed by atoms with van der Waals surface area (Å²) in [6, 6.07) is 1.77. The largest absolute Gasteiger partial charge is 0.368 e. The number of aromatic nitrogens is 1. The van der Waals surface area contributed by atoms with E-state index >= 15 is 0 Å². The first kappa shape index (κ1) is 11.8. The van der Waals surface area contributed by atoms with Crippen molar-refractivity contribution < 1.29 is 4.79 Å². The minimum Gasteiger partial charge on any atom is -0.368 e. The molecule has 0 aliphatic heterocycles. The fraction of sp³-hybridized carbons (Fsp3) is 0.545. The van der Waals surface area contributed by atoms with E-state index in [0.717, 1.165) is 13.0 Å². The van der Waals surface area contributed by atoms with Crippen LogP contribution in [0, 0.1) is 0 Å². The molecule has 3 N–H and O–H groups in total. The first-order valence-corrected chi connectivity index (χ1v) is 5.31. The van der Waals surface area contributed by atoms with E-state index in [1.54, 1.807) is 6.92 Å². The molecule has 1 unspecified atom stereocenters. The van der Waals surface area contributed by atoms with Crippen molar-refractivity contribution in [3.8, 4) is 0 Å². The van der Waals surface area contributed by atoms with Gasteiger partial charge in [0.15, 0.2) is 0 Å². The van der Waals surface area contributed by atoms with Crippen LogP contribution in [-0.2, 0) is 17.9 Å². The van der Waals surface area contributed by atoms with E-state index in [4.69, 9.17) is 5.73 Å². The highest BCUT2D eigenvalue weighted by Crippen LogP contribution is 2.02. The maximum Gasteiger partial charge on any atom is 0.234 e. The van der Waals surface area contributed by atoms with Crippen LogP contribution >= 0.6 is 0 Å². The van der Waals surface area contributed by atoms with Gasteiger partial charge in [0, 0.05) is 25.5 Å². The van der Waals surface area contributed by atoms with Gasteiger partial charge >= 0.3 is 0 Å². The molecule has 0 aromatic carbocycles. The highest BCUT2D eigenvalue weighted by atomic mass is 16.1. The molecule has 1 atom stereocenters. The third-order valence-electron chi connectivity index (χ3n) is 2.33. The third kappa shape index (κ3) is 3.75. The monoisotopic (exact) mass is 209 g/mol. The summed E-state index contributed by atoms with van der Waals surface area (Å²) in [5.74, 6) is -0.317. The number of primary amides is 1. The molecule has 1 rings (SSSR count). The number of nitrogens with two attached hydrogens (primary N) is 1. The van der Waals surface area contributed by atoms with Crippen LogP contribution in [0.3, 0.4) is 0 Å². The summed E-state index contributed by atoms with van der Waals surface area (Å²) in [7, 11) is 0. The van der Waals surface area contributed by atoms with Gasteiger partial charge < -0.3 is 15.6 Å². The van der Waals surface area contributed by atoms with Gasteiger partial charge in [-0.15, -0.1) is 0 Å². The van der Waals surface area contributed by atoms with Gasteiger partial charge in [-0.2, -0.15) is 0 Å². The maximum absolute atomic E-state index is 10.8.